The number of sulfone groups is 1. The Morgan fingerprint density at radius 2 is 2.25 bits per heavy atom. The molecule has 1 unspecified atom stereocenters. The number of aromatic nitrogens is 1. The smallest absolute Gasteiger partial charge is 0.187 e. The number of anilines is 2. The molecule has 9 heteroatoms. The number of thioether (sulfide) groups is 1. The van der Waals surface area contributed by atoms with Gasteiger partial charge in [0.05, 0.1) is 10.9 Å². The molecule has 114 valence electrons. The molecule has 6 nitrogen and oxygen atoms in total. The second kappa shape index (κ2) is 5.70. The van der Waals surface area contributed by atoms with Crippen LogP contribution in [-0.2, 0) is 9.84 Å². The average Bonchev–Trinajstić information content (AvgIpc) is 3.11. The van der Waals surface area contributed by atoms with E-state index < -0.39 is 15.4 Å². The van der Waals surface area contributed by atoms with Gasteiger partial charge in [-0.05, 0) is 37.6 Å². The Kier molecular flexibility index (Phi) is 4.53. The van der Waals surface area contributed by atoms with Crippen molar-refractivity contribution in [1.29, 1.82) is 0 Å². The van der Waals surface area contributed by atoms with Crippen LogP contribution in [0.15, 0.2) is 4.90 Å². The molecule has 0 aromatic carbocycles. The summed E-state index contributed by atoms with van der Waals surface area (Å²) < 4.78 is 28.6. The minimum atomic E-state index is -3.39. The van der Waals surface area contributed by atoms with Crippen molar-refractivity contribution in [2.75, 3.05) is 29.6 Å². The summed E-state index contributed by atoms with van der Waals surface area (Å²) in [6, 6.07) is 0. The standard InChI is InChI=1S/C11H19N3O3S3/c1-11(15,6-18-2)5-13-10-8(9(12)14-19-10)20(16,17)7-3-4-7/h7,13,15H,3-6H2,1-2H3,(H2,12,14). The fourth-order valence-corrected chi connectivity index (χ4v) is 5.46. The van der Waals surface area contributed by atoms with Gasteiger partial charge < -0.3 is 16.2 Å². The van der Waals surface area contributed by atoms with Gasteiger partial charge in [0.15, 0.2) is 15.7 Å². The molecule has 0 radical (unpaired) electrons. The van der Waals surface area contributed by atoms with E-state index in [4.69, 9.17) is 5.73 Å². The molecular formula is C11H19N3O3S3. The van der Waals surface area contributed by atoms with Gasteiger partial charge in [-0.25, -0.2) is 8.42 Å². The number of hydrogen-bond donors (Lipinski definition) is 3. The second-order valence-corrected chi connectivity index (χ2v) is 9.06. The highest BCUT2D eigenvalue weighted by molar-refractivity contribution is 7.98. The van der Waals surface area contributed by atoms with Crippen LogP contribution in [0.2, 0.25) is 0 Å². The summed E-state index contributed by atoms with van der Waals surface area (Å²) in [5.74, 6) is 0.604. The summed E-state index contributed by atoms with van der Waals surface area (Å²) in [4.78, 5) is 0.102. The molecule has 1 aliphatic carbocycles. The van der Waals surface area contributed by atoms with E-state index in [0.29, 0.717) is 23.6 Å². The van der Waals surface area contributed by atoms with Gasteiger partial charge in [-0.1, -0.05) is 0 Å². The lowest BCUT2D eigenvalue weighted by molar-refractivity contribution is 0.0997. The minimum Gasteiger partial charge on any atom is -0.387 e. The van der Waals surface area contributed by atoms with Crippen LogP contribution in [0.25, 0.3) is 0 Å². The maximum Gasteiger partial charge on any atom is 0.187 e. The lowest BCUT2D eigenvalue weighted by Gasteiger charge is -2.22. The fraction of sp³-hybridized carbons (Fsp3) is 0.727. The molecule has 1 aliphatic rings. The van der Waals surface area contributed by atoms with Crippen LogP contribution in [0.4, 0.5) is 10.8 Å². The molecule has 1 fully saturated rings. The van der Waals surface area contributed by atoms with Crippen LogP contribution in [0.5, 0.6) is 0 Å². The SMILES string of the molecule is CSCC(C)(O)CNc1snc(N)c1S(=O)(=O)C1CC1. The first-order chi connectivity index (χ1) is 9.28. The molecule has 0 amide bonds. The lowest BCUT2D eigenvalue weighted by atomic mass is 10.1. The molecule has 0 spiro atoms. The number of aliphatic hydroxyl groups is 1. The predicted molar refractivity (Wildman–Crippen MR) is 84.2 cm³/mol. The molecule has 20 heavy (non-hydrogen) atoms. The maximum absolute atomic E-state index is 12.3. The molecule has 1 heterocycles. The van der Waals surface area contributed by atoms with Gasteiger partial charge in [0.1, 0.15) is 9.90 Å². The van der Waals surface area contributed by atoms with Gasteiger partial charge in [0, 0.05) is 12.3 Å². The van der Waals surface area contributed by atoms with E-state index in [2.05, 4.69) is 9.69 Å². The van der Waals surface area contributed by atoms with Gasteiger partial charge in [-0.15, -0.1) is 0 Å². The van der Waals surface area contributed by atoms with E-state index in [1.165, 1.54) is 11.8 Å². The van der Waals surface area contributed by atoms with Crippen molar-refractivity contribution >= 4 is 44.0 Å². The van der Waals surface area contributed by atoms with Crippen LogP contribution in [-0.4, -0.2) is 47.3 Å². The third kappa shape index (κ3) is 3.38. The van der Waals surface area contributed by atoms with Crippen molar-refractivity contribution in [3.05, 3.63) is 0 Å². The summed E-state index contributed by atoms with van der Waals surface area (Å²) in [5, 5.41) is 13.2. The number of rotatable bonds is 7. The van der Waals surface area contributed by atoms with E-state index in [9.17, 15) is 13.5 Å². The van der Waals surface area contributed by atoms with Crippen molar-refractivity contribution < 1.29 is 13.5 Å². The van der Waals surface area contributed by atoms with E-state index in [0.717, 1.165) is 11.5 Å². The van der Waals surface area contributed by atoms with Crippen molar-refractivity contribution in [1.82, 2.24) is 4.37 Å². The quantitative estimate of drug-likeness (QED) is 0.686. The van der Waals surface area contributed by atoms with Gasteiger partial charge in [0.25, 0.3) is 0 Å². The first-order valence-corrected chi connectivity index (χ1v) is 9.93. The summed E-state index contributed by atoms with van der Waals surface area (Å²) in [7, 11) is -3.39. The zero-order chi connectivity index (χ0) is 15.0. The largest absolute Gasteiger partial charge is 0.387 e. The summed E-state index contributed by atoms with van der Waals surface area (Å²) in [5.41, 5.74) is 4.79. The Bertz CT molecular complexity index is 579. The van der Waals surface area contributed by atoms with Gasteiger partial charge in [-0.2, -0.15) is 16.1 Å². The van der Waals surface area contributed by atoms with Crippen molar-refractivity contribution in [2.45, 2.75) is 35.5 Å². The Labute approximate surface area is 127 Å². The van der Waals surface area contributed by atoms with E-state index in [1.807, 2.05) is 6.26 Å². The second-order valence-electron chi connectivity index (χ2n) is 5.25. The molecule has 1 saturated carbocycles. The summed E-state index contributed by atoms with van der Waals surface area (Å²) in [6.45, 7) is 1.96. The molecule has 2 rings (SSSR count). The Morgan fingerprint density at radius 1 is 1.60 bits per heavy atom. The van der Waals surface area contributed by atoms with Gasteiger partial charge in [-0.3, -0.25) is 0 Å². The number of hydrogen-bond acceptors (Lipinski definition) is 8. The molecule has 0 bridgehead atoms. The lowest BCUT2D eigenvalue weighted by Crippen LogP contribution is -2.36. The fourth-order valence-electron chi connectivity index (χ4n) is 1.86. The normalized spacial score (nSPS) is 18.8. The molecule has 1 aromatic heterocycles. The Balaban J connectivity index is 2.18. The predicted octanol–water partition coefficient (Wildman–Crippen LogP) is 1.19. The van der Waals surface area contributed by atoms with Gasteiger partial charge in [0.2, 0.25) is 0 Å². The Morgan fingerprint density at radius 3 is 2.80 bits per heavy atom. The minimum absolute atomic E-state index is 0.0499. The Hall–Kier alpha value is -0.510. The van der Waals surface area contributed by atoms with Gasteiger partial charge >= 0.3 is 0 Å². The molecule has 0 saturated heterocycles. The number of nitrogens with one attached hydrogen (secondary N) is 1. The van der Waals surface area contributed by atoms with Crippen LogP contribution in [0.3, 0.4) is 0 Å². The molecular weight excluding hydrogens is 318 g/mol. The monoisotopic (exact) mass is 337 g/mol. The first-order valence-electron chi connectivity index (χ1n) is 6.22. The van der Waals surface area contributed by atoms with Crippen LogP contribution in [0, 0.1) is 0 Å². The van der Waals surface area contributed by atoms with Crippen molar-refractivity contribution in [3.63, 3.8) is 0 Å². The van der Waals surface area contributed by atoms with E-state index in [-0.39, 0.29) is 22.5 Å². The number of nitrogens with zero attached hydrogens (tertiary/aromatic N) is 1. The first kappa shape index (κ1) is 15.9. The summed E-state index contributed by atoms with van der Waals surface area (Å²) in [6.07, 6.45) is 3.27. The van der Waals surface area contributed by atoms with Crippen molar-refractivity contribution in [2.24, 2.45) is 0 Å². The highest BCUT2D eigenvalue weighted by atomic mass is 32.2. The third-order valence-corrected chi connectivity index (χ3v) is 7.20. The highest BCUT2D eigenvalue weighted by Gasteiger charge is 2.41. The van der Waals surface area contributed by atoms with E-state index in [1.54, 1.807) is 6.92 Å². The zero-order valence-electron chi connectivity index (χ0n) is 11.4. The van der Waals surface area contributed by atoms with Crippen LogP contribution >= 0.6 is 23.3 Å². The third-order valence-electron chi connectivity index (χ3n) is 3.01. The van der Waals surface area contributed by atoms with Crippen molar-refractivity contribution in [3.8, 4) is 0 Å². The number of nitrogen functional groups attached to an aromatic ring is 1. The highest BCUT2D eigenvalue weighted by Crippen LogP contribution is 2.41. The average molecular weight is 337 g/mol. The van der Waals surface area contributed by atoms with E-state index >= 15 is 0 Å². The van der Waals surface area contributed by atoms with Crippen LogP contribution in [0.1, 0.15) is 19.8 Å². The summed E-state index contributed by atoms with van der Waals surface area (Å²) >= 11 is 2.55. The zero-order valence-corrected chi connectivity index (χ0v) is 13.9. The van der Waals surface area contributed by atoms with Crippen LogP contribution < -0.4 is 11.1 Å². The maximum atomic E-state index is 12.3. The number of nitrogens with two attached hydrogens (primary N) is 1. The molecule has 4 N–H and O–H groups in total. The molecule has 1 aromatic rings. The molecule has 0 aliphatic heterocycles. The molecule has 1 atom stereocenters. The topological polar surface area (TPSA) is 105 Å².